The number of nitrogens with one attached hydrogen (secondary N) is 2. The van der Waals surface area contributed by atoms with Crippen molar-refractivity contribution in [1.82, 2.24) is 14.9 Å². The smallest absolute Gasteiger partial charge is 0.835 e. The summed E-state index contributed by atoms with van der Waals surface area (Å²) in [6.07, 6.45) is 19.1. The molecule has 4 rings (SSSR count). The van der Waals surface area contributed by atoms with Gasteiger partial charge in [0.05, 0.1) is 6.10 Å². The van der Waals surface area contributed by atoms with Gasteiger partial charge in [-0.1, -0.05) is 52.5 Å². The Kier molecular flexibility index (Phi) is 20.7. The number of aromatic nitrogens is 2. The van der Waals surface area contributed by atoms with Crippen LogP contribution in [0.4, 0.5) is 11.6 Å². The van der Waals surface area contributed by atoms with Crippen molar-refractivity contribution in [3.05, 3.63) is 47.9 Å². The Bertz CT molecular complexity index is 1200. The number of carbonyl (C=O) groups excluding carboxylic acids is 1. The van der Waals surface area contributed by atoms with E-state index in [0.29, 0.717) is 18.3 Å². The molecule has 0 radical (unpaired) electrons. The van der Waals surface area contributed by atoms with Gasteiger partial charge in [0, 0.05) is 36.4 Å². The summed E-state index contributed by atoms with van der Waals surface area (Å²) >= 11 is 0. The van der Waals surface area contributed by atoms with Gasteiger partial charge in [0.15, 0.2) is 0 Å². The molecule has 1 saturated heterocycles. The summed E-state index contributed by atoms with van der Waals surface area (Å²) in [4.78, 5) is 25.1. The third-order valence-corrected chi connectivity index (χ3v) is 8.52. The van der Waals surface area contributed by atoms with Crippen LogP contribution in [0.5, 0.6) is 0 Å². The van der Waals surface area contributed by atoms with Crippen molar-refractivity contribution in [2.75, 3.05) is 18.4 Å². The topological polar surface area (TPSA) is 137 Å². The molecular weight excluding hydrogens is 606 g/mol. The van der Waals surface area contributed by atoms with Crippen LogP contribution in [0.15, 0.2) is 41.8 Å². The Hall–Kier alpha value is -1.37. The zero-order valence-corrected chi connectivity index (χ0v) is 32.7. The van der Waals surface area contributed by atoms with E-state index >= 15 is 0 Å². The number of aromatic amines is 1. The minimum Gasteiger partial charge on any atom is -0.835 e. The number of unbranched alkanes of at least 4 members (excludes halogenated alkanes) is 1. The Morgan fingerprint density at radius 3 is 2.43 bits per heavy atom. The predicted octanol–water partition coefficient (Wildman–Crippen LogP) is 4.27. The molecule has 1 aromatic carbocycles. The number of likely N-dealkylation sites (tertiary alicyclic amines) is 1. The maximum atomic E-state index is 14.1. The summed E-state index contributed by atoms with van der Waals surface area (Å²) in [5, 5.41) is 17.4. The number of allylic oxidation sites excluding steroid dienone is 1. The molecule has 10 heteroatoms. The number of hydrogen-bond acceptors (Lipinski definition) is 7. The van der Waals surface area contributed by atoms with E-state index in [-0.39, 0.29) is 68.9 Å². The van der Waals surface area contributed by atoms with Gasteiger partial charge in [-0.15, -0.1) is 0 Å². The molecule has 2 aliphatic rings. The summed E-state index contributed by atoms with van der Waals surface area (Å²) in [6.45, 7) is 13.5. The van der Waals surface area contributed by atoms with Gasteiger partial charge in [-0.05, 0) is 119 Å². The summed E-state index contributed by atoms with van der Waals surface area (Å²) < 4.78 is 4.85. The van der Waals surface area contributed by atoms with Crippen molar-refractivity contribution < 1.29 is 71.5 Å². The number of esters is 1. The zero-order valence-electron chi connectivity index (χ0n) is 29.6. The number of ether oxygens (including phenoxy) is 1. The van der Waals surface area contributed by atoms with E-state index in [4.69, 9.17) is 9.73 Å². The number of carbonyl (C=O) groups is 1. The van der Waals surface area contributed by atoms with Gasteiger partial charge in [-0.3, -0.25) is 9.79 Å². The minimum absolute atomic E-state index is 0. The summed E-state index contributed by atoms with van der Waals surface area (Å²) in [5.41, 5.74) is 3.75. The average molecular weight is 664 g/mol. The molecule has 1 unspecified atom stereocenters. The van der Waals surface area contributed by atoms with Crippen LogP contribution in [0.1, 0.15) is 130 Å². The predicted molar refractivity (Wildman–Crippen MR) is 183 cm³/mol. The van der Waals surface area contributed by atoms with E-state index in [1.165, 1.54) is 50.7 Å². The van der Waals surface area contributed by atoms with Gasteiger partial charge in [0.2, 0.25) is 5.95 Å². The first-order chi connectivity index (χ1) is 21.1. The monoisotopic (exact) mass is 663 g/mol. The van der Waals surface area contributed by atoms with Crippen molar-refractivity contribution in [1.29, 1.82) is 0 Å². The molecule has 1 atom stereocenters. The van der Waals surface area contributed by atoms with Crippen molar-refractivity contribution in [2.45, 2.75) is 130 Å². The van der Waals surface area contributed by atoms with Crippen LogP contribution in [0.2, 0.25) is 0 Å². The number of aliphatic imine (C=N–C) groups is 1. The van der Waals surface area contributed by atoms with E-state index in [1.54, 1.807) is 12.4 Å². The van der Waals surface area contributed by atoms with Crippen LogP contribution in [-0.2, 0) is 15.3 Å². The van der Waals surface area contributed by atoms with Crippen LogP contribution >= 0.6 is 0 Å². The van der Waals surface area contributed by atoms with Gasteiger partial charge in [-0.2, -0.15) is 0 Å². The number of hydrogen-bond donors (Lipinski definition) is 2. The standard InChI is InChI=1S/C29H42N5O.C7H14O2.K.H2O/c1-4-5-13-27(23-11-7-6-8-12-23)32-21-22(2)25-15-14-24(33-28-30-16-17-31-28)20-26(25)29(3,35)34-18-9-10-19-34;1-4-5-7(8)9-6(2)3;;/h14-17,20-21,23H,4-13,18-19H2,1-3H3,(H2,30,31,33);6H,4-5H2,1-3H3;;1H2/q-1;;+1;/b22-21+,32-27?;;;. The van der Waals surface area contributed by atoms with E-state index in [1.807, 2.05) is 46.0 Å². The molecule has 9 nitrogen and oxygen atoms in total. The molecular formula is C36H58KN5O4. The van der Waals surface area contributed by atoms with Crippen LogP contribution < -0.4 is 61.8 Å². The Labute approximate surface area is 320 Å². The second-order valence-electron chi connectivity index (χ2n) is 12.7. The average Bonchev–Trinajstić information content (AvgIpc) is 3.73. The molecule has 0 spiro atoms. The van der Waals surface area contributed by atoms with E-state index in [9.17, 15) is 9.90 Å². The SMILES string of the molecule is CCCC(=O)OC(C)C.CCCCC(=N/C=C(\C)c1ccc(Nc2ncc[nH]2)cc1C(C)([O-])N1CCCC1)C1CCCCC1.O.[K+]. The van der Waals surface area contributed by atoms with Crippen LogP contribution in [0, 0.1) is 5.92 Å². The number of imidazole rings is 1. The minimum atomic E-state index is -1.31. The normalized spacial score (nSPS) is 17.3. The van der Waals surface area contributed by atoms with Gasteiger partial charge >= 0.3 is 57.4 Å². The van der Waals surface area contributed by atoms with Gasteiger partial charge in [0.1, 0.15) is 0 Å². The molecule has 2 aromatic rings. The first kappa shape index (κ1) is 42.6. The molecule has 1 aliphatic carbocycles. The molecule has 1 aromatic heterocycles. The van der Waals surface area contributed by atoms with Gasteiger partial charge in [-0.25, -0.2) is 4.98 Å². The Balaban J connectivity index is 0.000000844. The van der Waals surface area contributed by atoms with Gasteiger partial charge < -0.3 is 30.5 Å². The number of benzene rings is 1. The number of anilines is 2. The molecule has 252 valence electrons. The fraction of sp³-hybridized carbons (Fsp3) is 0.639. The third-order valence-electron chi connectivity index (χ3n) is 8.52. The quantitative estimate of drug-likeness (QED) is 0.187. The molecule has 0 amide bonds. The fourth-order valence-corrected chi connectivity index (χ4v) is 6.08. The van der Waals surface area contributed by atoms with Crippen LogP contribution in [0.25, 0.3) is 5.57 Å². The summed E-state index contributed by atoms with van der Waals surface area (Å²) in [5.74, 6) is 1.20. The van der Waals surface area contributed by atoms with E-state index < -0.39 is 5.72 Å². The first-order valence-electron chi connectivity index (χ1n) is 16.9. The van der Waals surface area contributed by atoms with Gasteiger partial charge in [0.25, 0.3) is 0 Å². The number of rotatable bonds is 13. The Morgan fingerprint density at radius 1 is 1.15 bits per heavy atom. The van der Waals surface area contributed by atoms with Crippen molar-refractivity contribution in [3.8, 4) is 0 Å². The molecule has 46 heavy (non-hydrogen) atoms. The van der Waals surface area contributed by atoms with Crippen molar-refractivity contribution in [3.63, 3.8) is 0 Å². The zero-order chi connectivity index (χ0) is 32.0. The molecule has 1 aliphatic heterocycles. The van der Waals surface area contributed by atoms with Crippen LogP contribution in [-0.4, -0.2) is 51.2 Å². The first-order valence-corrected chi connectivity index (χ1v) is 16.9. The second-order valence-corrected chi connectivity index (χ2v) is 12.7. The Morgan fingerprint density at radius 2 is 1.85 bits per heavy atom. The summed E-state index contributed by atoms with van der Waals surface area (Å²) in [6, 6.07) is 6.10. The second kappa shape index (κ2) is 22.3. The molecule has 4 N–H and O–H groups in total. The largest absolute Gasteiger partial charge is 1.00 e. The molecule has 1 saturated carbocycles. The molecule has 0 bridgehead atoms. The maximum absolute atomic E-state index is 14.1. The summed E-state index contributed by atoms with van der Waals surface area (Å²) in [7, 11) is 0. The third kappa shape index (κ3) is 13.6. The number of nitrogens with zero attached hydrogens (tertiary/aromatic N) is 3. The number of H-pyrrole nitrogens is 1. The van der Waals surface area contributed by atoms with Crippen molar-refractivity contribution >= 4 is 28.9 Å². The molecule has 2 fully saturated rings. The van der Waals surface area contributed by atoms with E-state index in [0.717, 1.165) is 61.2 Å². The fourth-order valence-electron chi connectivity index (χ4n) is 6.08. The van der Waals surface area contributed by atoms with Crippen LogP contribution in [0.3, 0.4) is 0 Å². The van der Waals surface area contributed by atoms with E-state index in [2.05, 4.69) is 40.1 Å². The maximum Gasteiger partial charge on any atom is 1.00 e. The molecule has 2 heterocycles. The van der Waals surface area contributed by atoms with Crippen molar-refractivity contribution in [2.24, 2.45) is 10.9 Å².